The molecule has 1 aromatic rings. The van der Waals surface area contributed by atoms with Crippen LogP contribution in [0.1, 0.15) is 51.7 Å². The molecule has 17 heavy (non-hydrogen) atoms. The zero-order chi connectivity index (χ0) is 12.3. The summed E-state index contributed by atoms with van der Waals surface area (Å²) in [5.41, 5.74) is -0.434. The van der Waals surface area contributed by atoms with Crippen molar-refractivity contribution < 1.29 is 9.26 Å². The van der Waals surface area contributed by atoms with Crippen molar-refractivity contribution in [2.24, 2.45) is 0 Å². The fourth-order valence-corrected chi connectivity index (χ4v) is 1.70. The predicted octanol–water partition coefficient (Wildman–Crippen LogP) is 1.98. The molecule has 0 aliphatic heterocycles. The number of nitrogens with zero attached hydrogens (tertiary/aromatic N) is 2. The zero-order valence-electron chi connectivity index (χ0n) is 10.8. The van der Waals surface area contributed by atoms with E-state index < -0.39 is 5.60 Å². The molecule has 96 valence electrons. The van der Waals surface area contributed by atoms with Gasteiger partial charge >= 0.3 is 0 Å². The fourth-order valence-electron chi connectivity index (χ4n) is 1.70. The Kier molecular flexibility index (Phi) is 3.79. The van der Waals surface area contributed by atoms with Gasteiger partial charge in [0.25, 0.3) is 0 Å². The first-order valence-electron chi connectivity index (χ1n) is 6.38. The molecule has 0 radical (unpaired) electrons. The van der Waals surface area contributed by atoms with Crippen LogP contribution in [0, 0.1) is 0 Å². The molecule has 1 aromatic heterocycles. The van der Waals surface area contributed by atoms with Crippen molar-refractivity contribution in [3.63, 3.8) is 0 Å². The van der Waals surface area contributed by atoms with Crippen LogP contribution in [0.25, 0.3) is 0 Å². The average Bonchev–Trinajstić information content (AvgIpc) is 3.03. The van der Waals surface area contributed by atoms with Gasteiger partial charge in [0.05, 0.1) is 6.54 Å². The Morgan fingerprint density at radius 2 is 2.24 bits per heavy atom. The lowest BCUT2D eigenvalue weighted by atomic mass is 10.0. The van der Waals surface area contributed by atoms with Crippen LogP contribution in [0.15, 0.2) is 4.52 Å². The summed E-state index contributed by atoms with van der Waals surface area (Å²) >= 11 is 0. The van der Waals surface area contributed by atoms with E-state index in [9.17, 15) is 0 Å². The highest BCUT2D eigenvalue weighted by molar-refractivity contribution is 4.99. The number of ether oxygens (including phenoxy) is 1. The van der Waals surface area contributed by atoms with Gasteiger partial charge < -0.3 is 14.6 Å². The largest absolute Gasteiger partial charge is 0.367 e. The molecule has 0 spiro atoms. The van der Waals surface area contributed by atoms with E-state index in [0.717, 1.165) is 6.42 Å². The average molecular weight is 239 g/mol. The summed E-state index contributed by atoms with van der Waals surface area (Å²) < 4.78 is 10.9. The second-order valence-corrected chi connectivity index (χ2v) is 4.68. The first-order valence-corrected chi connectivity index (χ1v) is 6.38. The third-order valence-electron chi connectivity index (χ3n) is 3.20. The number of rotatable bonds is 7. The van der Waals surface area contributed by atoms with Gasteiger partial charge in [0.1, 0.15) is 5.60 Å². The van der Waals surface area contributed by atoms with Crippen molar-refractivity contribution >= 4 is 0 Å². The SMILES string of the molecule is CCOC(C)(CC)c1noc(CNC2CC2)n1. The molecule has 1 N–H and O–H groups in total. The quantitative estimate of drug-likeness (QED) is 0.788. The molecule has 1 aliphatic rings. The molecule has 1 heterocycles. The maximum absolute atomic E-state index is 5.71. The molecule has 0 saturated heterocycles. The van der Waals surface area contributed by atoms with E-state index in [1.807, 2.05) is 13.8 Å². The summed E-state index contributed by atoms with van der Waals surface area (Å²) in [4.78, 5) is 4.41. The Hall–Kier alpha value is -0.940. The third kappa shape index (κ3) is 3.04. The lowest BCUT2D eigenvalue weighted by Gasteiger charge is -2.23. The van der Waals surface area contributed by atoms with Crippen LogP contribution in [0.4, 0.5) is 0 Å². The van der Waals surface area contributed by atoms with Crippen molar-refractivity contribution in [3.8, 4) is 0 Å². The molecular formula is C12H21N3O2. The van der Waals surface area contributed by atoms with Crippen LogP contribution in [-0.2, 0) is 16.9 Å². The fraction of sp³-hybridized carbons (Fsp3) is 0.833. The Labute approximate surface area is 102 Å². The van der Waals surface area contributed by atoms with E-state index in [2.05, 4.69) is 22.4 Å². The van der Waals surface area contributed by atoms with Crippen LogP contribution in [0.5, 0.6) is 0 Å². The van der Waals surface area contributed by atoms with E-state index >= 15 is 0 Å². The van der Waals surface area contributed by atoms with E-state index in [0.29, 0.717) is 30.9 Å². The van der Waals surface area contributed by atoms with Gasteiger partial charge in [-0.2, -0.15) is 4.98 Å². The van der Waals surface area contributed by atoms with Gasteiger partial charge in [-0.25, -0.2) is 0 Å². The van der Waals surface area contributed by atoms with Crippen LogP contribution in [-0.4, -0.2) is 22.8 Å². The van der Waals surface area contributed by atoms with Crippen molar-refractivity contribution in [2.75, 3.05) is 6.61 Å². The Bertz CT molecular complexity index is 362. The van der Waals surface area contributed by atoms with Gasteiger partial charge in [-0.3, -0.25) is 0 Å². The zero-order valence-corrected chi connectivity index (χ0v) is 10.8. The summed E-state index contributed by atoms with van der Waals surface area (Å²) in [5, 5.41) is 7.38. The molecule has 1 fully saturated rings. The van der Waals surface area contributed by atoms with Gasteiger partial charge in [0.2, 0.25) is 11.7 Å². The maximum Gasteiger partial charge on any atom is 0.240 e. The van der Waals surface area contributed by atoms with Gasteiger partial charge in [-0.15, -0.1) is 0 Å². The Morgan fingerprint density at radius 1 is 1.47 bits per heavy atom. The van der Waals surface area contributed by atoms with E-state index in [-0.39, 0.29) is 0 Å². The molecule has 5 heteroatoms. The van der Waals surface area contributed by atoms with E-state index in [1.54, 1.807) is 0 Å². The van der Waals surface area contributed by atoms with Crippen LogP contribution in [0.3, 0.4) is 0 Å². The molecule has 1 saturated carbocycles. The molecule has 5 nitrogen and oxygen atoms in total. The van der Waals surface area contributed by atoms with Crippen LogP contribution in [0.2, 0.25) is 0 Å². The first kappa shape index (κ1) is 12.5. The summed E-state index contributed by atoms with van der Waals surface area (Å²) in [6.07, 6.45) is 3.34. The van der Waals surface area contributed by atoms with Crippen LogP contribution < -0.4 is 5.32 Å². The highest BCUT2D eigenvalue weighted by Crippen LogP contribution is 2.26. The number of aromatic nitrogens is 2. The van der Waals surface area contributed by atoms with Gasteiger partial charge in [0, 0.05) is 12.6 Å². The minimum absolute atomic E-state index is 0.434. The molecule has 1 unspecified atom stereocenters. The van der Waals surface area contributed by atoms with Gasteiger partial charge in [0.15, 0.2) is 0 Å². The molecule has 0 bridgehead atoms. The Morgan fingerprint density at radius 3 is 2.82 bits per heavy atom. The van der Waals surface area contributed by atoms with Gasteiger partial charge in [-0.1, -0.05) is 12.1 Å². The normalized spacial score (nSPS) is 19.2. The Balaban J connectivity index is 1.99. The summed E-state index contributed by atoms with van der Waals surface area (Å²) in [6, 6.07) is 0.648. The summed E-state index contributed by atoms with van der Waals surface area (Å²) in [5.74, 6) is 1.29. The minimum atomic E-state index is -0.434. The van der Waals surface area contributed by atoms with Gasteiger partial charge in [-0.05, 0) is 33.1 Å². The lowest BCUT2D eigenvalue weighted by Crippen LogP contribution is -2.26. The minimum Gasteiger partial charge on any atom is -0.367 e. The highest BCUT2D eigenvalue weighted by Gasteiger charge is 2.31. The molecule has 2 rings (SSSR count). The molecule has 0 aromatic carbocycles. The lowest BCUT2D eigenvalue weighted by molar-refractivity contribution is -0.0403. The molecule has 0 amide bonds. The monoisotopic (exact) mass is 239 g/mol. The van der Waals surface area contributed by atoms with Crippen molar-refractivity contribution in [1.29, 1.82) is 0 Å². The topological polar surface area (TPSA) is 60.2 Å². The predicted molar refractivity (Wildman–Crippen MR) is 63.4 cm³/mol. The number of nitrogens with one attached hydrogen (secondary N) is 1. The second kappa shape index (κ2) is 5.14. The number of hydrogen-bond acceptors (Lipinski definition) is 5. The van der Waals surface area contributed by atoms with Crippen molar-refractivity contribution in [3.05, 3.63) is 11.7 Å². The standard InChI is InChI=1S/C12H21N3O2/c1-4-12(3,16-5-2)11-14-10(17-15-11)8-13-9-6-7-9/h9,13H,4-8H2,1-3H3. The maximum atomic E-state index is 5.71. The van der Waals surface area contributed by atoms with Crippen LogP contribution >= 0.6 is 0 Å². The first-order chi connectivity index (χ1) is 8.18. The smallest absolute Gasteiger partial charge is 0.240 e. The highest BCUT2D eigenvalue weighted by atomic mass is 16.5. The number of hydrogen-bond donors (Lipinski definition) is 1. The van der Waals surface area contributed by atoms with E-state index in [1.165, 1.54) is 12.8 Å². The molecular weight excluding hydrogens is 218 g/mol. The summed E-state index contributed by atoms with van der Waals surface area (Å²) in [7, 11) is 0. The summed E-state index contributed by atoms with van der Waals surface area (Å²) in [6.45, 7) is 7.34. The van der Waals surface area contributed by atoms with Crippen molar-refractivity contribution in [2.45, 2.75) is 58.2 Å². The molecule has 1 atom stereocenters. The van der Waals surface area contributed by atoms with Crippen molar-refractivity contribution in [1.82, 2.24) is 15.5 Å². The second-order valence-electron chi connectivity index (χ2n) is 4.68. The third-order valence-corrected chi connectivity index (χ3v) is 3.20. The van der Waals surface area contributed by atoms with E-state index in [4.69, 9.17) is 9.26 Å². The molecule has 1 aliphatic carbocycles.